The third kappa shape index (κ3) is 1.15. The van der Waals surface area contributed by atoms with Gasteiger partial charge in [-0.15, -0.1) is 0 Å². The van der Waals surface area contributed by atoms with Gasteiger partial charge in [0, 0.05) is 0 Å². The molecule has 1 saturated carbocycles. The summed E-state index contributed by atoms with van der Waals surface area (Å²) in [4.78, 5) is 0. The molecule has 0 spiro atoms. The van der Waals surface area contributed by atoms with E-state index in [1.54, 1.807) is 13.0 Å². The second-order valence-electron chi connectivity index (χ2n) is 5.63. The largest absolute Gasteiger partial charge is 0.196 e. The van der Waals surface area contributed by atoms with Crippen LogP contribution in [-0.4, -0.2) is 0 Å². The SMILES string of the molecule is CC1(c2ccc3ccccc3c2)C(C#N)(C#N)C1(C#N)C#N. The van der Waals surface area contributed by atoms with Crippen molar-refractivity contribution in [3.63, 3.8) is 0 Å². The molecule has 0 aliphatic heterocycles. The van der Waals surface area contributed by atoms with Crippen molar-refractivity contribution in [3.05, 3.63) is 48.0 Å². The molecule has 3 rings (SSSR count). The number of nitriles is 4. The summed E-state index contributed by atoms with van der Waals surface area (Å²) in [6.07, 6.45) is 0. The van der Waals surface area contributed by atoms with Crippen LogP contribution in [0.2, 0.25) is 0 Å². The van der Waals surface area contributed by atoms with Crippen molar-refractivity contribution in [1.82, 2.24) is 0 Å². The average molecular weight is 282 g/mol. The van der Waals surface area contributed by atoms with Crippen LogP contribution in [0.1, 0.15) is 12.5 Å². The van der Waals surface area contributed by atoms with Crippen LogP contribution in [0.25, 0.3) is 10.8 Å². The number of fused-ring (bicyclic) bond motifs is 1. The summed E-state index contributed by atoms with van der Waals surface area (Å²) in [5, 5.41) is 39.9. The number of nitrogens with zero attached hydrogens (tertiary/aromatic N) is 4. The molecule has 0 radical (unpaired) electrons. The van der Waals surface area contributed by atoms with E-state index in [9.17, 15) is 21.0 Å². The van der Waals surface area contributed by atoms with Crippen LogP contribution in [0, 0.1) is 56.2 Å². The van der Waals surface area contributed by atoms with E-state index in [0.717, 1.165) is 10.8 Å². The summed E-state index contributed by atoms with van der Waals surface area (Å²) < 4.78 is 0. The summed E-state index contributed by atoms with van der Waals surface area (Å²) in [5.74, 6) is 0. The molecule has 4 heteroatoms. The monoisotopic (exact) mass is 282 g/mol. The molecule has 2 aromatic rings. The lowest BCUT2D eigenvalue weighted by atomic mass is 9.86. The fourth-order valence-electron chi connectivity index (χ4n) is 3.48. The van der Waals surface area contributed by atoms with Crippen LogP contribution in [0.5, 0.6) is 0 Å². The first-order chi connectivity index (χ1) is 10.6. The summed E-state index contributed by atoms with van der Waals surface area (Å²) >= 11 is 0. The molecular weight excluding hydrogens is 272 g/mol. The van der Waals surface area contributed by atoms with Gasteiger partial charge in [-0.25, -0.2) is 0 Å². The van der Waals surface area contributed by atoms with Crippen LogP contribution in [0.3, 0.4) is 0 Å². The third-order valence-corrected chi connectivity index (χ3v) is 5.00. The molecule has 0 heterocycles. The Morgan fingerprint density at radius 3 is 1.73 bits per heavy atom. The van der Waals surface area contributed by atoms with E-state index in [0.29, 0.717) is 5.56 Å². The highest BCUT2D eigenvalue weighted by atomic mass is 14.8. The van der Waals surface area contributed by atoms with Crippen LogP contribution >= 0.6 is 0 Å². The van der Waals surface area contributed by atoms with Gasteiger partial charge in [0.2, 0.25) is 0 Å². The van der Waals surface area contributed by atoms with Gasteiger partial charge < -0.3 is 0 Å². The van der Waals surface area contributed by atoms with E-state index in [1.807, 2.05) is 60.7 Å². The average Bonchev–Trinajstić information content (AvgIpc) is 3.08. The predicted octanol–water partition coefficient (Wildman–Crippen LogP) is 3.18. The molecule has 102 valence electrons. The molecule has 2 aromatic carbocycles. The Balaban J connectivity index is 2.30. The molecule has 1 fully saturated rings. The van der Waals surface area contributed by atoms with Crippen molar-refractivity contribution in [2.45, 2.75) is 12.3 Å². The first kappa shape index (κ1) is 13.6. The second-order valence-corrected chi connectivity index (χ2v) is 5.63. The molecule has 1 aliphatic rings. The molecule has 0 amide bonds. The lowest BCUT2D eigenvalue weighted by molar-refractivity contribution is 0.652. The highest BCUT2D eigenvalue weighted by Crippen LogP contribution is 2.77. The van der Waals surface area contributed by atoms with Crippen molar-refractivity contribution in [1.29, 1.82) is 21.0 Å². The smallest absolute Gasteiger partial charge is 0.188 e. The molecule has 0 atom stereocenters. The summed E-state index contributed by atoms with van der Waals surface area (Å²) in [6, 6.07) is 20.9. The molecule has 0 aromatic heterocycles. The Hall–Kier alpha value is -3.34. The van der Waals surface area contributed by atoms with E-state index in [2.05, 4.69) is 0 Å². The Labute approximate surface area is 128 Å². The lowest BCUT2D eigenvalue weighted by Crippen LogP contribution is -2.13. The molecule has 0 N–H and O–H groups in total. The van der Waals surface area contributed by atoms with Gasteiger partial charge in [-0.05, 0) is 16.3 Å². The Morgan fingerprint density at radius 2 is 1.23 bits per heavy atom. The minimum absolute atomic E-state index is 0.664. The van der Waals surface area contributed by atoms with Crippen molar-refractivity contribution in [2.24, 2.45) is 10.8 Å². The van der Waals surface area contributed by atoms with Gasteiger partial charge in [0.05, 0.1) is 29.7 Å². The molecule has 4 nitrogen and oxygen atoms in total. The van der Waals surface area contributed by atoms with Crippen LogP contribution in [0.4, 0.5) is 0 Å². The van der Waals surface area contributed by atoms with Gasteiger partial charge in [0.15, 0.2) is 10.8 Å². The predicted molar refractivity (Wildman–Crippen MR) is 78.6 cm³/mol. The molecule has 0 unspecified atom stereocenters. The molecular formula is C18H10N4. The Morgan fingerprint density at radius 1 is 0.727 bits per heavy atom. The van der Waals surface area contributed by atoms with Gasteiger partial charge in [-0.2, -0.15) is 21.0 Å². The maximum atomic E-state index is 9.49. The van der Waals surface area contributed by atoms with Crippen LogP contribution in [-0.2, 0) is 5.41 Å². The number of hydrogen-bond donors (Lipinski definition) is 0. The fraction of sp³-hybridized carbons (Fsp3) is 0.222. The quantitative estimate of drug-likeness (QED) is 0.802. The number of benzene rings is 2. The van der Waals surface area contributed by atoms with Crippen molar-refractivity contribution in [2.75, 3.05) is 0 Å². The minimum Gasteiger partial charge on any atom is -0.196 e. The Bertz CT molecular complexity index is 893. The number of hydrogen-bond acceptors (Lipinski definition) is 4. The molecule has 0 bridgehead atoms. The third-order valence-electron chi connectivity index (χ3n) is 5.00. The summed E-state index contributed by atoms with van der Waals surface area (Å²) in [5.41, 5.74) is -3.76. The van der Waals surface area contributed by atoms with Crippen molar-refractivity contribution < 1.29 is 0 Å². The summed E-state index contributed by atoms with van der Waals surface area (Å²) in [6.45, 7) is 1.65. The lowest BCUT2D eigenvalue weighted by Gasteiger charge is -2.13. The van der Waals surface area contributed by atoms with Crippen molar-refractivity contribution >= 4 is 10.8 Å². The molecule has 22 heavy (non-hydrogen) atoms. The second kappa shape index (κ2) is 4.08. The van der Waals surface area contributed by atoms with E-state index < -0.39 is 16.2 Å². The zero-order chi connectivity index (χ0) is 16.0. The zero-order valence-electron chi connectivity index (χ0n) is 11.8. The maximum Gasteiger partial charge on any atom is 0.188 e. The first-order valence-corrected chi connectivity index (χ1v) is 6.71. The summed E-state index contributed by atoms with van der Waals surface area (Å²) in [7, 11) is 0. The molecule has 1 aliphatic carbocycles. The number of rotatable bonds is 1. The van der Waals surface area contributed by atoms with Crippen LogP contribution < -0.4 is 0 Å². The Kier molecular flexibility index (Phi) is 2.53. The highest BCUT2D eigenvalue weighted by Gasteiger charge is 2.90. The van der Waals surface area contributed by atoms with E-state index in [-0.39, 0.29) is 0 Å². The first-order valence-electron chi connectivity index (χ1n) is 6.71. The standard InChI is InChI=1S/C18H10N4/c1-16(17(9-19,10-20)18(16,11-21)12-22)15-7-6-13-4-2-3-5-14(13)8-15/h2-8H,1H3. The van der Waals surface area contributed by atoms with E-state index in [4.69, 9.17) is 0 Å². The van der Waals surface area contributed by atoms with Gasteiger partial charge in [0.1, 0.15) is 0 Å². The fourth-order valence-corrected chi connectivity index (χ4v) is 3.48. The van der Waals surface area contributed by atoms with E-state index in [1.165, 1.54) is 0 Å². The zero-order valence-corrected chi connectivity index (χ0v) is 11.8. The van der Waals surface area contributed by atoms with Gasteiger partial charge >= 0.3 is 0 Å². The van der Waals surface area contributed by atoms with E-state index >= 15 is 0 Å². The van der Waals surface area contributed by atoms with Crippen LogP contribution in [0.15, 0.2) is 42.5 Å². The molecule has 0 saturated heterocycles. The van der Waals surface area contributed by atoms with Gasteiger partial charge in [-0.1, -0.05) is 49.4 Å². The normalized spacial score (nSPS) is 19.1. The van der Waals surface area contributed by atoms with Gasteiger partial charge in [-0.3, -0.25) is 0 Å². The van der Waals surface area contributed by atoms with Gasteiger partial charge in [0.25, 0.3) is 0 Å². The highest BCUT2D eigenvalue weighted by molar-refractivity contribution is 5.84. The maximum absolute atomic E-state index is 9.49. The van der Waals surface area contributed by atoms with Crippen molar-refractivity contribution in [3.8, 4) is 24.3 Å². The minimum atomic E-state index is -1.65. The topological polar surface area (TPSA) is 95.2 Å².